The van der Waals surface area contributed by atoms with E-state index in [1.54, 1.807) is 11.6 Å². The highest BCUT2D eigenvalue weighted by Gasteiger charge is 2.38. The molecule has 3 aromatic rings. The third-order valence-corrected chi connectivity index (χ3v) is 7.03. The van der Waals surface area contributed by atoms with Crippen LogP contribution in [0.1, 0.15) is 24.8 Å². The summed E-state index contributed by atoms with van der Waals surface area (Å²) in [7, 11) is 1.81. The van der Waals surface area contributed by atoms with Crippen LogP contribution >= 0.6 is 0 Å². The first kappa shape index (κ1) is 17.9. The average molecular weight is 407 g/mol. The van der Waals surface area contributed by atoms with Crippen LogP contribution in [-0.4, -0.2) is 52.7 Å². The van der Waals surface area contributed by atoms with Crippen molar-refractivity contribution in [3.05, 3.63) is 34.1 Å². The number of aromatic nitrogens is 4. The summed E-state index contributed by atoms with van der Waals surface area (Å²) in [6.45, 7) is 4.22. The van der Waals surface area contributed by atoms with Gasteiger partial charge in [-0.2, -0.15) is 10.1 Å². The summed E-state index contributed by atoms with van der Waals surface area (Å²) in [6.07, 6.45) is 4.17. The number of piperidine rings is 1. The van der Waals surface area contributed by atoms with E-state index < -0.39 is 0 Å². The van der Waals surface area contributed by atoms with Crippen LogP contribution in [0.3, 0.4) is 0 Å². The second kappa shape index (κ2) is 6.57. The van der Waals surface area contributed by atoms with Gasteiger partial charge < -0.3 is 14.4 Å². The summed E-state index contributed by atoms with van der Waals surface area (Å²) in [5.74, 6) is 1.63. The zero-order valence-corrected chi connectivity index (χ0v) is 17.1. The lowest BCUT2D eigenvalue weighted by molar-refractivity contribution is 0.133. The van der Waals surface area contributed by atoms with Crippen LogP contribution in [-0.2, 0) is 18.2 Å². The van der Waals surface area contributed by atoms with Gasteiger partial charge in [-0.25, -0.2) is 0 Å². The Hall–Kier alpha value is -2.87. The number of benzene rings is 1. The predicted molar refractivity (Wildman–Crippen MR) is 113 cm³/mol. The zero-order valence-electron chi connectivity index (χ0n) is 17.1. The van der Waals surface area contributed by atoms with Crippen molar-refractivity contribution in [2.75, 3.05) is 37.8 Å². The molecule has 1 spiro atoms. The van der Waals surface area contributed by atoms with E-state index in [9.17, 15) is 4.79 Å². The van der Waals surface area contributed by atoms with Crippen molar-refractivity contribution in [2.24, 2.45) is 12.5 Å². The van der Waals surface area contributed by atoms with E-state index in [1.165, 1.54) is 0 Å². The Balaban J connectivity index is 1.37. The number of H-pyrrole nitrogens is 1. The predicted octanol–water partition coefficient (Wildman–Crippen LogP) is 2.27. The Morgan fingerprint density at radius 3 is 2.83 bits per heavy atom. The maximum Gasteiger partial charge on any atom is 0.266 e. The summed E-state index contributed by atoms with van der Waals surface area (Å²) < 4.78 is 12.9. The maximum atomic E-state index is 13.3. The van der Waals surface area contributed by atoms with E-state index in [2.05, 4.69) is 21.2 Å². The number of rotatable bonds is 2. The topological polar surface area (TPSA) is 85.3 Å². The molecule has 8 heteroatoms. The Labute approximate surface area is 173 Å². The molecule has 5 heterocycles. The summed E-state index contributed by atoms with van der Waals surface area (Å²) in [4.78, 5) is 20.3. The molecule has 6 rings (SSSR count). The fourth-order valence-corrected chi connectivity index (χ4v) is 5.10. The maximum absolute atomic E-state index is 13.3. The van der Waals surface area contributed by atoms with E-state index in [-0.39, 0.29) is 5.56 Å². The van der Waals surface area contributed by atoms with Gasteiger partial charge >= 0.3 is 0 Å². The van der Waals surface area contributed by atoms with Gasteiger partial charge in [0.2, 0.25) is 5.95 Å². The molecule has 0 saturated carbocycles. The molecule has 0 atom stereocenters. The minimum Gasteiger partial charge on any atom is -0.493 e. The van der Waals surface area contributed by atoms with Crippen LogP contribution in [0.25, 0.3) is 22.3 Å². The number of fused-ring (bicyclic) bond motifs is 2. The molecule has 8 nitrogen and oxygen atoms in total. The van der Waals surface area contributed by atoms with Crippen molar-refractivity contribution >= 4 is 17.0 Å². The molecule has 2 saturated heterocycles. The number of nitrogens with one attached hydrogen (secondary N) is 1. The monoisotopic (exact) mass is 407 g/mol. The molecule has 0 amide bonds. The van der Waals surface area contributed by atoms with E-state index in [0.717, 1.165) is 68.9 Å². The molecule has 30 heavy (non-hydrogen) atoms. The van der Waals surface area contributed by atoms with Crippen LogP contribution in [0, 0.1) is 5.41 Å². The van der Waals surface area contributed by atoms with Gasteiger partial charge in [-0.15, -0.1) is 0 Å². The minimum absolute atomic E-state index is 0.0695. The lowest BCUT2D eigenvalue weighted by atomic mass is 9.78. The van der Waals surface area contributed by atoms with Crippen molar-refractivity contribution in [3.8, 4) is 17.0 Å². The number of hydrogen-bond acceptors (Lipinski definition) is 6. The minimum atomic E-state index is -0.0695. The third-order valence-electron chi connectivity index (χ3n) is 7.03. The largest absolute Gasteiger partial charge is 0.493 e. The van der Waals surface area contributed by atoms with Gasteiger partial charge in [0.25, 0.3) is 5.56 Å². The first-order chi connectivity index (χ1) is 14.6. The smallest absolute Gasteiger partial charge is 0.266 e. The fourth-order valence-electron chi connectivity index (χ4n) is 5.10. The zero-order chi connectivity index (χ0) is 20.3. The Morgan fingerprint density at radius 1 is 1.17 bits per heavy atom. The molecule has 0 radical (unpaired) electrons. The molecule has 0 bridgehead atoms. The van der Waals surface area contributed by atoms with Crippen molar-refractivity contribution < 1.29 is 9.47 Å². The standard InChI is InChI=1S/C22H25N5O3/c1-26-20(28)17-18(15-2-3-16-14(12-15)4-10-30-16)24-25-19(17)23-21(26)27-8-5-22(6-9-27)7-11-29-13-22/h2-3,12H,4-11,13H2,1H3,(H,24,25). The quantitative estimate of drug-likeness (QED) is 0.702. The van der Waals surface area contributed by atoms with Crippen LogP contribution in [0.5, 0.6) is 5.75 Å². The molecule has 1 N–H and O–H groups in total. The molecule has 0 unspecified atom stereocenters. The van der Waals surface area contributed by atoms with Gasteiger partial charge in [-0.1, -0.05) is 0 Å². The Bertz CT molecular complexity index is 1180. The molecule has 156 valence electrons. The van der Waals surface area contributed by atoms with Gasteiger partial charge in [-0.05, 0) is 48.4 Å². The van der Waals surface area contributed by atoms with Crippen LogP contribution in [0.4, 0.5) is 5.95 Å². The number of hydrogen-bond donors (Lipinski definition) is 1. The Kier molecular flexibility index (Phi) is 3.93. The molecule has 1 aromatic carbocycles. The van der Waals surface area contributed by atoms with Gasteiger partial charge in [0.1, 0.15) is 16.8 Å². The van der Waals surface area contributed by atoms with E-state index in [1.807, 2.05) is 12.1 Å². The fraction of sp³-hybridized carbons (Fsp3) is 0.500. The van der Waals surface area contributed by atoms with Crippen LogP contribution in [0.15, 0.2) is 23.0 Å². The third kappa shape index (κ3) is 2.66. The van der Waals surface area contributed by atoms with Crippen molar-refractivity contribution in [2.45, 2.75) is 25.7 Å². The van der Waals surface area contributed by atoms with Crippen LogP contribution in [0.2, 0.25) is 0 Å². The lowest BCUT2D eigenvalue weighted by Crippen LogP contribution is -2.43. The van der Waals surface area contributed by atoms with Crippen molar-refractivity contribution in [1.29, 1.82) is 0 Å². The van der Waals surface area contributed by atoms with Crippen molar-refractivity contribution in [3.63, 3.8) is 0 Å². The van der Waals surface area contributed by atoms with Gasteiger partial charge in [0.05, 0.1) is 13.2 Å². The molecular formula is C22H25N5O3. The second-order valence-corrected chi connectivity index (χ2v) is 8.78. The first-order valence-corrected chi connectivity index (χ1v) is 10.7. The molecule has 2 fully saturated rings. The van der Waals surface area contributed by atoms with Gasteiger partial charge in [-0.3, -0.25) is 14.5 Å². The lowest BCUT2D eigenvalue weighted by Gasteiger charge is -2.39. The SMILES string of the molecule is Cn1c(N2CCC3(CCOC3)CC2)nc2[nH]nc(-c3ccc4c(c3)CCO4)c2c1=O. The highest BCUT2D eigenvalue weighted by molar-refractivity contribution is 5.91. The molecule has 3 aliphatic heterocycles. The molecule has 0 aliphatic carbocycles. The van der Waals surface area contributed by atoms with Gasteiger partial charge in [0, 0.05) is 38.7 Å². The number of anilines is 1. The molecular weight excluding hydrogens is 382 g/mol. The van der Waals surface area contributed by atoms with E-state index in [4.69, 9.17) is 14.5 Å². The van der Waals surface area contributed by atoms with Crippen molar-refractivity contribution in [1.82, 2.24) is 19.7 Å². The highest BCUT2D eigenvalue weighted by atomic mass is 16.5. The normalized spacial score (nSPS) is 20.1. The molecule has 2 aromatic heterocycles. The Morgan fingerprint density at radius 2 is 2.03 bits per heavy atom. The summed E-state index contributed by atoms with van der Waals surface area (Å²) in [5, 5.41) is 8.00. The van der Waals surface area contributed by atoms with E-state index >= 15 is 0 Å². The summed E-state index contributed by atoms with van der Waals surface area (Å²) in [6, 6.07) is 5.99. The number of aromatic amines is 1. The number of ether oxygens (including phenoxy) is 2. The molecule has 3 aliphatic rings. The second-order valence-electron chi connectivity index (χ2n) is 8.78. The number of nitrogens with zero attached hydrogens (tertiary/aromatic N) is 4. The average Bonchev–Trinajstić information content (AvgIpc) is 3.50. The van der Waals surface area contributed by atoms with Gasteiger partial charge in [0.15, 0.2) is 5.65 Å². The summed E-state index contributed by atoms with van der Waals surface area (Å²) in [5.41, 5.74) is 3.52. The van der Waals surface area contributed by atoms with E-state index in [0.29, 0.717) is 34.7 Å². The summed E-state index contributed by atoms with van der Waals surface area (Å²) >= 11 is 0. The van der Waals surface area contributed by atoms with Crippen LogP contribution < -0.4 is 15.2 Å². The first-order valence-electron chi connectivity index (χ1n) is 10.7. The highest BCUT2D eigenvalue weighted by Crippen LogP contribution is 2.40.